The van der Waals surface area contributed by atoms with E-state index in [1.165, 1.54) is 0 Å². The summed E-state index contributed by atoms with van der Waals surface area (Å²) in [5, 5.41) is 5.31. The topological polar surface area (TPSA) is 78.5 Å². The Kier molecular flexibility index (Phi) is 4.09. The molecule has 0 radical (unpaired) electrons. The number of urea groups is 1. The second kappa shape index (κ2) is 6.17. The van der Waals surface area contributed by atoms with E-state index in [0.29, 0.717) is 32.4 Å². The minimum atomic E-state index is -0.213. The molecule has 0 aliphatic carbocycles. The molecule has 2 N–H and O–H groups in total. The molecule has 0 spiro atoms. The third-order valence-corrected chi connectivity index (χ3v) is 4.29. The molecule has 2 aliphatic rings. The molecule has 22 heavy (non-hydrogen) atoms. The fourth-order valence-corrected chi connectivity index (χ4v) is 2.98. The smallest absolute Gasteiger partial charge is 0.318 e. The Hall–Kier alpha value is -2.37. The van der Waals surface area contributed by atoms with Gasteiger partial charge in [-0.2, -0.15) is 0 Å². The highest BCUT2D eigenvalue weighted by atomic mass is 16.2. The van der Waals surface area contributed by atoms with Crippen molar-refractivity contribution in [2.24, 2.45) is 5.92 Å². The maximum Gasteiger partial charge on any atom is 0.318 e. The van der Waals surface area contributed by atoms with E-state index < -0.39 is 0 Å². The lowest BCUT2D eigenvalue weighted by Crippen LogP contribution is -2.42. The van der Waals surface area contributed by atoms with Crippen LogP contribution in [0.25, 0.3) is 0 Å². The molecule has 3 rings (SSSR count). The largest absolute Gasteiger partial charge is 0.329 e. The minimum absolute atomic E-state index is 0.00420. The average molecular weight is 301 g/mol. The van der Waals surface area contributed by atoms with Crippen molar-refractivity contribution in [3.05, 3.63) is 35.9 Å². The molecular weight excluding hydrogens is 282 g/mol. The van der Waals surface area contributed by atoms with Crippen molar-refractivity contribution in [3.63, 3.8) is 0 Å². The van der Waals surface area contributed by atoms with Gasteiger partial charge in [0.15, 0.2) is 0 Å². The summed E-state index contributed by atoms with van der Waals surface area (Å²) >= 11 is 0. The molecule has 2 atom stereocenters. The molecule has 4 amide bonds. The van der Waals surface area contributed by atoms with Crippen molar-refractivity contribution in [1.29, 1.82) is 0 Å². The molecule has 0 aromatic heterocycles. The molecule has 6 nitrogen and oxygen atoms in total. The molecule has 1 aromatic rings. The molecule has 116 valence electrons. The van der Waals surface area contributed by atoms with Gasteiger partial charge >= 0.3 is 6.03 Å². The Bertz CT molecular complexity index is 588. The first-order valence-corrected chi connectivity index (χ1v) is 7.57. The van der Waals surface area contributed by atoms with Gasteiger partial charge in [0.25, 0.3) is 0 Å². The third-order valence-electron chi connectivity index (χ3n) is 4.29. The molecule has 1 aromatic carbocycles. The molecular formula is C16H19N3O3. The van der Waals surface area contributed by atoms with Crippen LogP contribution in [-0.4, -0.2) is 35.8 Å². The van der Waals surface area contributed by atoms with Crippen LogP contribution in [0.5, 0.6) is 0 Å². The summed E-state index contributed by atoms with van der Waals surface area (Å²) in [6.07, 6.45) is 1.55. The number of carbonyl (C=O) groups excluding carboxylic acids is 3. The quantitative estimate of drug-likeness (QED) is 0.820. The zero-order valence-electron chi connectivity index (χ0n) is 12.2. The molecule has 2 aliphatic heterocycles. The van der Waals surface area contributed by atoms with Crippen LogP contribution in [-0.2, 0) is 9.59 Å². The van der Waals surface area contributed by atoms with Gasteiger partial charge in [-0.15, -0.1) is 0 Å². The number of amides is 4. The summed E-state index contributed by atoms with van der Waals surface area (Å²) < 4.78 is 0. The second-order valence-electron chi connectivity index (χ2n) is 5.80. The number of imide groups is 1. The lowest BCUT2D eigenvalue weighted by atomic mass is 9.94. The Balaban J connectivity index is 1.54. The Morgan fingerprint density at radius 1 is 1.14 bits per heavy atom. The molecule has 0 bridgehead atoms. The summed E-state index contributed by atoms with van der Waals surface area (Å²) in [4.78, 5) is 36.6. The maximum atomic E-state index is 12.0. The van der Waals surface area contributed by atoms with Crippen molar-refractivity contribution in [2.75, 3.05) is 13.1 Å². The molecule has 2 fully saturated rings. The van der Waals surface area contributed by atoms with Crippen LogP contribution in [0.2, 0.25) is 0 Å². The van der Waals surface area contributed by atoms with Crippen LogP contribution >= 0.6 is 0 Å². The minimum Gasteiger partial charge on any atom is -0.329 e. The highest BCUT2D eigenvalue weighted by molar-refractivity contribution is 5.98. The monoisotopic (exact) mass is 301 g/mol. The summed E-state index contributed by atoms with van der Waals surface area (Å²) in [5.41, 5.74) is 1.08. The molecule has 6 heteroatoms. The zero-order valence-corrected chi connectivity index (χ0v) is 12.2. The van der Waals surface area contributed by atoms with E-state index in [9.17, 15) is 14.4 Å². The number of nitrogens with one attached hydrogen (secondary N) is 2. The van der Waals surface area contributed by atoms with Crippen LogP contribution in [0.3, 0.4) is 0 Å². The lowest BCUT2D eigenvalue weighted by Gasteiger charge is -2.23. The Morgan fingerprint density at radius 2 is 1.91 bits per heavy atom. The first kappa shape index (κ1) is 14.6. The van der Waals surface area contributed by atoms with E-state index in [1.54, 1.807) is 4.90 Å². The van der Waals surface area contributed by atoms with E-state index in [4.69, 9.17) is 0 Å². The van der Waals surface area contributed by atoms with Crippen molar-refractivity contribution >= 4 is 17.8 Å². The van der Waals surface area contributed by atoms with E-state index in [1.807, 2.05) is 30.3 Å². The van der Waals surface area contributed by atoms with E-state index in [-0.39, 0.29) is 29.8 Å². The number of piperidine rings is 1. The Morgan fingerprint density at radius 3 is 2.64 bits per heavy atom. The number of nitrogens with zero attached hydrogens (tertiary/aromatic N) is 1. The van der Waals surface area contributed by atoms with Crippen molar-refractivity contribution in [2.45, 2.75) is 25.3 Å². The number of hydrogen-bond acceptors (Lipinski definition) is 3. The van der Waals surface area contributed by atoms with Crippen molar-refractivity contribution in [3.8, 4) is 0 Å². The zero-order chi connectivity index (χ0) is 15.5. The second-order valence-corrected chi connectivity index (χ2v) is 5.80. The van der Waals surface area contributed by atoms with E-state index in [2.05, 4.69) is 10.6 Å². The van der Waals surface area contributed by atoms with Gasteiger partial charge in [0.1, 0.15) is 0 Å². The number of hydrogen-bond donors (Lipinski definition) is 2. The summed E-state index contributed by atoms with van der Waals surface area (Å²) in [6, 6.07) is 9.74. The van der Waals surface area contributed by atoms with Gasteiger partial charge in [0, 0.05) is 25.4 Å². The highest BCUT2D eigenvalue weighted by Crippen LogP contribution is 2.22. The van der Waals surface area contributed by atoms with Gasteiger partial charge in [-0.3, -0.25) is 14.9 Å². The predicted molar refractivity (Wildman–Crippen MR) is 79.8 cm³/mol. The lowest BCUT2D eigenvalue weighted by molar-refractivity contribution is -0.136. The standard InChI is InChI=1S/C16H19N3O3/c20-14-7-6-12(15(21)18-14)8-9-19-10-13(17-16(19)22)11-4-2-1-3-5-11/h1-5,12-13H,6-10H2,(H,17,22)(H,18,20,21). The highest BCUT2D eigenvalue weighted by Gasteiger charge is 2.32. The third kappa shape index (κ3) is 3.10. The van der Waals surface area contributed by atoms with Gasteiger partial charge < -0.3 is 10.2 Å². The van der Waals surface area contributed by atoms with Crippen LogP contribution in [0.15, 0.2) is 30.3 Å². The predicted octanol–water partition coefficient (Wildman–Crippen LogP) is 1.20. The molecule has 2 unspecified atom stereocenters. The summed E-state index contributed by atoms with van der Waals surface area (Å²) in [6.45, 7) is 1.14. The number of carbonyl (C=O) groups is 3. The van der Waals surface area contributed by atoms with E-state index >= 15 is 0 Å². The molecule has 0 saturated carbocycles. The van der Waals surface area contributed by atoms with Crippen molar-refractivity contribution in [1.82, 2.24) is 15.5 Å². The van der Waals surface area contributed by atoms with Crippen molar-refractivity contribution < 1.29 is 14.4 Å². The fourth-order valence-electron chi connectivity index (χ4n) is 2.98. The summed E-state index contributed by atoms with van der Waals surface area (Å²) in [5.74, 6) is -0.596. The van der Waals surface area contributed by atoms with Crippen LogP contribution < -0.4 is 10.6 Å². The van der Waals surface area contributed by atoms with E-state index in [0.717, 1.165) is 5.56 Å². The first-order chi connectivity index (χ1) is 10.6. The molecule has 2 heterocycles. The van der Waals surface area contributed by atoms with Crippen LogP contribution in [0.1, 0.15) is 30.9 Å². The number of benzene rings is 1. The molecule has 2 saturated heterocycles. The number of rotatable bonds is 4. The van der Waals surface area contributed by atoms with Gasteiger partial charge in [-0.05, 0) is 18.4 Å². The fraction of sp³-hybridized carbons (Fsp3) is 0.438. The van der Waals surface area contributed by atoms with Gasteiger partial charge in [0.2, 0.25) is 11.8 Å². The van der Waals surface area contributed by atoms with Crippen LogP contribution in [0, 0.1) is 5.92 Å². The first-order valence-electron chi connectivity index (χ1n) is 7.57. The Labute approximate surface area is 128 Å². The normalized spacial score (nSPS) is 25.1. The maximum absolute atomic E-state index is 12.0. The van der Waals surface area contributed by atoms with Gasteiger partial charge in [-0.1, -0.05) is 30.3 Å². The van der Waals surface area contributed by atoms with Gasteiger partial charge in [0.05, 0.1) is 6.04 Å². The van der Waals surface area contributed by atoms with Crippen LogP contribution in [0.4, 0.5) is 4.79 Å². The summed E-state index contributed by atoms with van der Waals surface area (Å²) in [7, 11) is 0. The van der Waals surface area contributed by atoms with Gasteiger partial charge in [-0.25, -0.2) is 4.79 Å². The SMILES string of the molecule is O=C1CCC(CCN2CC(c3ccccc3)NC2=O)C(=O)N1. The average Bonchev–Trinajstić information content (AvgIpc) is 2.88.